The molecule has 0 bridgehead atoms. The number of anilines is 1. The van der Waals surface area contributed by atoms with Crippen LogP contribution in [0.15, 0.2) is 29.3 Å². The highest BCUT2D eigenvalue weighted by Crippen LogP contribution is 2.35. The number of ether oxygens (including phenoxy) is 1. The van der Waals surface area contributed by atoms with E-state index in [1.165, 1.54) is 42.9 Å². The first kappa shape index (κ1) is 29.3. The van der Waals surface area contributed by atoms with E-state index in [2.05, 4.69) is 10.0 Å². The van der Waals surface area contributed by atoms with Crippen molar-refractivity contribution in [1.29, 1.82) is 0 Å². The molecule has 2 aliphatic rings. The Morgan fingerprint density at radius 3 is 2.58 bits per heavy atom. The Bertz CT molecular complexity index is 1460. The van der Waals surface area contributed by atoms with Crippen molar-refractivity contribution in [2.75, 3.05) is 25.0 Å². The molecule has 16 heteroatoms. The number of hydrogen-bond acceptors (Lipinski definition) is 6. The van der Waals surface area contributed by atoms with Gasteiger partial charge in [-0.2, -0.15) is 13.2 Å². The molecular weight excluding hydrogens is 562 g/mol. The molecule has 3 amide bonds. The first-order chi connectivity index (χ1) is 18.6. The summed E-state index contributed by atoms with van der Waals surface area (Å²) in [4.78, 5) is 38.4. The Morgan fingerprint density at radius 2 is 1.93 bits per heavy atom. The van der Waals surface area contributed by atoms with E-state index in [0.29, 0.717) is 12.5 Å². The minimum Gasteiger partial charge on any atom is -0.489 e. The Morgan fingerprint density at radius 1 is 1.23 bits per heavy atom. The molecule has 40 heavy (non-hydrogen) atoms. The zero-order chi connectivity index (χ0) is 29.6. The van der Waals surface area contributed by atoms with Crippen molar-refractivity contribution in [2.24, 2.45) is 13.0 Å². The van der Waals surface area contributed by atoms with E-state index >= 15 is 0 Å². The fraction of sp³-hybridized carbons (Fsp3) is 0.458. The summed E-state index contributed by atoms with van der Waals surface area (Å²) in [5.41, 5.74) is 0.492. The lowest BCUT2D eigenvalue weighted by molar-refractivity contribution is -0.162. The SMILES string of the molecule is Cc1cc(NC(=O)c2c3c(cn2C)S(=O)(=O)N[C@@H]2CN(C(=O)C(=O)N[C@H](C)C(F)(F)F)CC[C@@H]2CO3)ccc1F. The van der Waals surface area contributed by atoms with Crippen LogP contribution in [0.1, 0.15) is 29.4 Å². The van der Waals surface area contributed by atoms with Gasteiger partial charge in [0, 0.05) is 44.0 Å². The van der Waals surface area contributed by atoms with Crippen LogP contribution in [0.25, 0.3) is 0 Å². The molecule has 0 saturated carbocycles. The summed E-state index contributed by atoms with van der Waals surface area (Å²) in [6.07, 6.45) is -3.39. The van der Waals surface area contributed by atoms with Crippen molar-refractivity contribution in [3.05, 3.63) is 41.5 Å². The van der Waals surface area contributed by atoms with Gasteiger partial charge in [0.05, 0.1) is 6.61 Å². The van der Waals surface area contributed by atoms with Gasteiger partial charge in [0.25, 0.3) is 5.91 Å². The summed E-state index contributed by atoms with van der Waals surface area (Å²) in [5, 5.41) is 4.21. The number of rotatable bonds is 3. The second kappa shape index (κ2) is 10.7. The normalized spacial score (nSPS) is 21.1. The number of nitrogens with zero attached hydrogens (tertiary/aromatic N) is 2. The number of aryl methyl sites for hydroxylation is 2. The monoisotopic (exact) mass is 589 g/mol. The standard InChI is InChI=1S/C24H27F4N5O6S/c1-12-8-15(4-5-16(12)25)30-21(34)19-20-18(10-32(19)3)40(37,38)31-17-9-33(7-6-14(17)11-39-20)23(36)22(35)29-13(2)24(26,27)28/h4-5,8,10,13-14,17,31H,6-7,9,11H2,1-3H3,(H,29,35)(H,30,34)/t13-,14-,17-/m1/s1. The van der Waals surface area contributed by atoms with Crippen LogP contribution >= 0.6 is 0 Å². The van der Waals surface area contributed by atoms with Crippen molar-refractivity contribution < 1.29 is 45.1 Å². The number of carbonyl (C=O) groups excluding carboxylic acids is 3. The molecular formula is C24H27F4N5O6S. The quantitative estimate of drug-likeness (QED) is 0.368. The maximum Gasteiger partial charge on any atom is 0.408 e. The van der Waals surface area contributed by atoms with Gasteiger partial charge >= 0.3 is 18.0 Å². The Kier molecular flexibility index (Phi) is 7.86. The fourth-order valence-electron chi connectivity index (χ4n) is 4.54. The molecule has 1 fully saturated rings. The number of nitrogens with one attached hydrogen (secondary N) is 3. The zero-order valence-electron chi connectivity index (χ0n) is 21.6. The average molecular weight is 590 g/mol. The Balaban J connectivity index is 1.53. The van der Waals surface area contributed by atoms with Gasteiger partial charge < -0.3 is 24.8 Å². The Labute approximate surface area is 226 Å². The zero-order valence-corrected chi connectivity index (χ0v) is 22.5. The third kappa shape index (κ3) is 5.91. The molecule has 4 rings (SSSR count). The molecule has 3 N–H and O–H groups in total. The lowest BCUT2D eigenvalue weighted by Crippen LogP contribution is -2.58. The molecule has 3 heterocycles. The van der Waals surface area contributed by atoms with Crippen LogP contribution in [0.5, 0.6) is 5.75 Å². The van der Waals surface area contributed by atoms with Crippen LogP contribution < -0.4 is 20.1 Å². The molecule has 3 atom stereocenters. The second-order valence-corrected chi connectivity index (χ2v) is 11.5. The first-order valence-electron chi connectivity index (χ1n) is 12.2. The number of likely N-dealkylation sites (tertiary alicyclic amines) is 1. The smallest absolute Gasteiger partial charge is 0.408 e. The van der Waals surface area contributed by atoms with E-state index in [9.17, 15) is 40.4 Å². The molecule has 0 aliphatic carbocycles. The number of sulfonamides is 1. The van der Waals surface area contributed by atoms with Crippen molar-refractivity contribution in [3.63, 3.8) is 0 Å². The summed E-state index contributed by atoms with van der Waals surface area (Å²) >= 11 is 0. The molecule has 1 aromatic carbocycles. The maximum atomic E-state index is 13.6. The number of hydrogen-bond donors (Lipinski definition) is 3. The number of aromatic nitrogens is 1. The van der Waals surface area contributed by atoms with Crippen LogP contribution in [0.4, 0.5) is 23.2 Å². The first-order valence-corrected chi connectivity index (χ1v) is 13.6. The largest absolute Gasteiger partial charge is 0.489 e. The van der Waals surface area contributed by atoms with Gasteiger partial charge in [-0.15, -0.1) is 0 Å². The predicted octanol–water partition coefficient (Wildman–Crippen LogP) is 1.68. The number of benzene rings is 1. The fourth-order valence-corrected chi connectivity index (χ4v) is 6.03. The van der Waals surface area contributed by atoms with Gasteiger partial charge in [0.15, 0.2) is 11.4 Å². The van der Waals surface area contributed by atoms with Gasteiger partial charge in [-0.1, -0.05) is 0 Å². The molecule has 2 aromatic rings. The molecule has 1 aromatic heterocycles. The van der Waals surface area contributed by atoms with Crippen molar-refractivity contribution in [3.8, 4) is 5.75 Å². The van der Waals surface area contributed by atoms with Crippen LogP contribution in [0, 0.1) is 18.7 Å². The van der Waals surface area contributed by atoms with Crippen molar-refractivity contribution in [2.45, 2.75) is 43.4 Å². The van der Waals surface area contributed by atoms with Crippen molar-refractivity contribution >= 4 is 33.4 Å². The summed E-state index contributed by atoms with van der Waals surface area (Å²) in [5.74, 6) is -4.50. The molecule has 0 unspecified atom stereocenters. The maximum absolute atomic E-state index is 13.6. The van der Waals surface area contributed by atoms with Crippen molar-refractivity contribution in [1.82, 2.24) is 19.5 Å². The molecule has 11 nitrogen and oxygen atoms in total. The molecule has 1 saturated heterocycles. The summed E-state index contributed by atoms with van der Waals surface area (Å²) in [7, 11) is -2.87. The van der Waals surface area contributed by atoms with Crippen LogP contribution in [0.3, 0.4) is 0 Å². The van der Waals surface area contributed by atoms with E-state index in [1.807, 2.05) is 0 Å². The van der Waals surface area contributed by atoms with Gasteiger partial charge in [-0.3, -0.25) is 14.4 Å². The lowest BCUT2D eigenvalue weighted by atomic mass is 9.93. The van der Waals surface area contributed by atoms with Gasteiger partial charge in [0.1, 0.15) is 16.8 Å². The summed E-state index contributed by atoms with van der Waals surface area (Å²) in [6, 6.07) is 0.801. The van der Waals surface area contributed by atoms with Crippen LogP contribution in [-0.4, -0.2) is 73.6 Å². The molecule has 0 radical (unpaired) electrons. The summed E-state index contributed by atoms with van der Waals surface area (Å²) < 4.78 is 88.2. The topological polar surface area (TPSA) is 139 Å². The van der Waals surface area contributed by atoms with Gasteiger partial charge in [-0.05, 0) is 44.0 Å². The number of amides is 3. The van der Waals surface area contributed by atoms with E-state index in [-0.39, 0.29) is 48.1 Å². The number of halogens is 4. The highest BCUT2D eigenvalue weighted by atomic mass is 32.2. The van der Waals surface area contributed by atoms with Crippen LogP contribution in [0.2, 0.25) is 0 Å². The van der Waals surface area contributed by atoms with Gasteiger partial charge in [-0.25, -0.2) is 17.5 Å². The minimum atomic E-state index is -4.74. The van der Waals surface area contributed by atoms with E-state index in [0.717, 1.165) is 4.90 Å². The Hall–Kier alpha value is -3.66. The molecule has 0 spiro atoms. The van der Waals surface area contributed by atoms with Crippen LogP contribution in [-0.2, 0) is 26.7 Å². The third-order valence-electron chi connectivity index (χ3n) is 6.85. The molecule has 218 valence electrons. The number of alkyl halides is 3. The number of fused-ring (bicyclic) bond motifs is 2. The third-order valence-corrected chi connectivity index (χ3v) is 8.33. The minimum absolute atomic E-state index is 0.0299. The highest BCUT2D eigenvalue weighted by molar-refractivity contribution is 7.89. The predicted molar refractivity (Wildman–Crippen MR) is 132 cm³/mol. The van der Waals surface area contributed by atoms with E-state index in [1.54, 1.807) is 5.32 Å². The number of piperidine rings is 1. The molecule has 2 aliphatic heterocycles. The average Bonchev–Trinajstić information content (AvgIpc) is 3.20. The lowest BCUT2D eigenvalue weighted by Gasteiger charge is -2.39. The van der Waals surface area contributed by atoms with E-state index < -0.39 is 57.7 Å². The highest BCUT2D eigenvalue weighted by Gasteiger charge is 2.42. The van der Waals surface area contributed by atoms with E-state index in [4.69, 9.17) is 4.74 Å². The summed E-state index contributed by atoms with van der Waals surface area (Å²) in [6.45, 7) is 1.86. The number of carbonyl (C=O) groups is 3. The second-order valence-electron chi connectivity index (χ2n) is 9.78. The van der Waals surface area contributed by atoms with Gasteiger partial charge in [0.2, 0.25) is 10.0 Å².